The maximum Gasteiger partial charge on any atom is 0.00787 e. The molecule has 40 valence electrons. The van der Waals surface area contributed by atoms with E-state index in [-0.39, 0.29) is 4.70 Å². The molecule has 0 nitrogen and oxygen atoms in total. The van der Waals surface area contributed by atoms with E-state index in [1.165, 1.54) is 6.42 Å². The molecule has 0 spiro atoms. The van der Waals surface area contributed by atoms with Gasteiger partial charge in [-0.25, -0.2) is 0 Å². The zero-order valence-electron chi connectivity index (χ0n) is 4.07. The van der Waals surface area contributed by atoms with Crippen molar-refractivity contribution < 1.29 is 4.70 Å². The first-order chi connectivity index (χ1) is 2.27. The third-order valence-corrected chi connectivity index (χ3v) is 1.44. The zero-order chi connectivity index (χ0) is 4.28. The molecule has 0 aliphatic heterocycles. The minimum absolute atomic E-state index is 0. The Hall–Kier alpha value is 0.660. The van der Waals surface area contributed by atoms with Crippen molar-refractivity contribution in [2.24, 2.45) is 0 Å². The van der Waals surface area contributed by atoms with Crippen LogP contribution < -0.4 is 0 Å². The van der Waals surface area contributed by atoms with Gasteiger partial charge in [0, 0.05) is 3.92 Å². The van der Waals surface area contributed by atoms with Gasteiger partial charge in [-0.05, 0) is 6.42 Å². The van der Waals surface area contributed by atoms with Gasteiger partial charge in [0.1, 0.15) is 0 Å². The number of halogens is 2. The molecule has 0 saturated heterocycles. The lowest BCUT2D eigenvalue weighted by Gasteiger charge is -1.88. The van der Waals surface area contributed by atoms with Crippen molar-refractivity contribution in [3.05, 3.63) is 0 Å². The van der Waals surface area contributed by atoms with Crippen molar-refractivity contribution in [3.8, 4) is 0 Å². The van der Waals surface area contributed by atoms with Gasteiger partial charge in [-0.1, -0.05) is 36.4 Å². The highest BCUT2D eigenvalue weighted by molar-refractivity contribution is 14.1. The van der Waals surface area contributed by atoms with Crippen molar-refractivity contribution in [2.45, 2.75) is 24.2 Å². The fraction of sp³-hybridized carbons (Fsp3) is 1.00. The van der Waals surface area contributed by atoms with Crippen molar-refractivity contribution in [2.75, 3.05) is 0 Å². The van der Waals surface area contributed by atoms with E-state index < -0.39 is 0 Å². The molecular weight excluding hydrogens is 194 g/mol. The van der Waals surface area contributed by atoms with Gasteiger partial charge in [0.05, 0.1) is 0 Å². The standard InChI is InChI=1S/C4H9I.FH/c1-3-4(2)5;/h4H,3H2,1-2H3;1H. The van der Waals surface area contributed by atoms with Gasteiger partial charge < -0.3 is 0 Å². The number of alkyl halides is 1. The zero-order valence-corrected chi connectivity index (χ0v) is 6.23. The Labute approximate surface area is 51.8 Å². The van der Waals surface area contributed by atoms with E-state index in [2.05, 4.69) is 36.4 Å². The van der Waals surface area contributed by atoms with Crippen LogP contribution in [0.25, 0.3) is 0 Å². The van der Waals surface area contributed by atoms with Gasteiger partial charge in [0.2, 0.25) is 0 Å². The third kappa shape index (κ3) is 8.82. The van der Waals surface area contributed by atoms with Crippen LogP contribution in [-0.2, 0) is 0 Å². The van der Waals surface area contributed by atoms with Gasteiger partial charge in [0.25, 0.3) is 0 Å². The molecular formula is C4H10FI. The van der Waals surface area contributed by atoms with Gasteiger partial charge >= 0.3 is 0 Å². The van der Waals surface area contributed by atoms with E-state index in [9.17, 15) is 0 Å². The lowest BCUT2D eigenvalue weighted by Crippen LogP contribution is -1.79. The minimum Gasteiger partial charge on any atom is -0.269 e. The molecule has 1 unspecified atom stereocenters. The summed E-state index contributed by atoms with van der Waals surface area (Å²) in [5, 5.41) is 0. The molecule has 0 heterocycles. The predicted molar refractivity (Wildman–Crippen MR) is 36.3 cm³/mol. The average Bonchev–Trinajstić information content (AvgIpc) is 1.38. The molecule has 0 aromatic carbocycles. The Balaban J connectivity index is 0. The number of hydrogen-bond donors (Lipinski definition) is 0. The van der Waals surface area contributed by atoms with Gasteiger partial charge in [0.15, 0.2) is 0 Å². The van der Waals surface area contributed by atoms with Crippen LogP contribution in [0.3, 0.4) is 0 Å². The molecule has 0 aliphatic rings. The molecule has 0 N–H and O–H groups in total. The maximum atomic E-state index is 2.41. The number of rotatable bonds is 1. The van der Waals surface area contributed by atoms with Crippen LogP contribution in [-0.4, -0.2) is 3.92 Å². The van der Waals surface area contributed by atoms with Crippen LogP contribution >= 0.6 is 22.6 Å². The molecule has 0 bridgehead atoms. The second kappa shape index (κ2) is 5.66. The summed E-state index contributed by atoms with van der Waals surface area (Å²) in [6.45, 7) is 4.40. The van der Waals surface area contributed by atoms with Crippen LogP contribution in [0, 0.1) is 0 Å². The molecule has 1 atom stereocenters. The van der Waals surface area contributed by atoms with Crippen molar-refractivity contribution in [3.63, 3.8) is 0 Å². The first-order valence-corrected chi connectivity index (χ1v) is 3.16. The topological polar surface area (TPSA) is 0 Å². The summed E-state index contributed by atoms with van der Waals surface area (Å²) in [5.74, 6) is 0. The highest BCUT2D eigenvalue weighted by Crippen LogP contribution is 2.00. The Morgan fingerprint density at radius 2 is 1.83 bits per heavy atom. The van der Waals surface area contributed by atoms with E-state index in [1.54, 1.807) is 0 Å². The second-order valence-electron chi connectivity index (χ2n) is 1.19. The SMILES string of the molecule is CCC(C)I.F. The predicted octanol–water partition coefficient (Wildman–Crippen LogP) is 2.37. The Bertz CT molecular complexity index is 21.5. The monoisotopic (exact) mass is 204 g/mol. The first kappa shape index (κ1) is 9.83. The molecule has 0 radical (unpaired) electrons. The maximum absolute atomic E-state index is 2.41. The van der Waals surface area contributed by atoms with Crippen LogP contribution in [0.15, 0.2) is 0 Å². The van der Waals surface area contributed by atoms with Crippen LogP contribution in [0.4, 0.5) is 4.70 Å². The minimum atomic E-state index is 0. The summed E-state index contributed by atoms with van der Waals surface area (Å²) in [5.41, 5.74) is 0. The summed E-state index contributed by atoms with van der Waals surface area (Å²) in [6.07, 6.45) is 1.29. The third-order valence-electron chi connectivity index (χ3n) is 0.563. The highest BCUT2D eigenvalue weighted by Gasteiger charge is 1.82. The molecule has 0 fully saturated rings. The normalized spacial score (nSPS) is 12.5. The molecule has 0 saturated carbocycles. The van der Waals surface area contributed by atoms with Crippen LogP contribution in [0.1, 0.15) is 20.3 Å². The summed E-state index contributed by atoms with van der Waals surface area (Å²) >= 11 is 2.41. The Kier molecular flexibility index (Phi) is 9.27. The van der Waals surface area contributed by atoms with Crippen LogP contribution in [0.5, 0.6) is 0 Å². The van der Waals surface area contributed by atoms with Crippen molar-refractivity contribution in [1.82, 2.24) is 0 Å². The molecule has 0 aromatic rings. The second-order valence-corrected chi connectivity index (χ2v) is 3.32. The molecule has 0 rings (SSSR count). The van der Waals surface area contributed by atoms with Gasteiger partial charge in [-0.15, -0.1) is 0 Å². The molecule has 0 amide bonds. The highest BCUT2D eigenvalue weighted by atomic mass is 127. The Morgan fingerprint density at radius 3 is 1.83 bits per heavy atom. The van der Waals surface area contributed by atoms with E-state index in [4.69, 9.17) is 0 Å². The summed E-state index contributed by atoms with van der Waals surface area (Å²) in [7, 11) is 0. The average molecular weight is 204 g/mol. The van der Waals surface area contributed by atoms with E-state index >= 15 is 0 Å². The quantitative estimate of drug-likeness (QED) is 0.454. The van der Waals surface area contributed by atoms with Crippen LogP contribution in [0.2, 0.25) is 0 Å². The summed E-state index contributed by atoms with van der Waals surface area (Å²) in [4.78, 5) is 0. The molecule has 6 heavy (non-hydrogen) atoms. The molecule has 0 aliphatic carbocycles. The van der Waals surface area contributed by atoms with Crippen molar-refractivity contribution in [1.29, 1.82) is 0 Å². The first-order valence-electron chi connectivity index (χ1n) is 1.91. The lowest BCUT2D eigenvalue weighted by atomic mass is 10.4. The fourth-order valence-electron chi connectivity index (χ4n) is 0. The van der Waals surface area contributed by atoms with Crippen molar-refractivity contribution >= 4 is 22.6 Å². The van der Waals surface area contributed by atoms with E-state index in [0.29, 0.717) is 0 Å². The fourth-order valence-corrected chi connectivity index (χ4v) is 0. The smallest absolute Gasteiger partial charge is 0.00787 e. The molecule has 2 heteroatoms. The summed E-state index contributed by atoms with van der Waals surface area (Å²) < 4.78 is 0.854. The molecule has 0 aromatic heterocycles. The lowest BCUT2D eigenvalue weighted by molar-refractivity contribution is 0.938. The Morgan fingerprint density at radius 1 is 1.67 bits per heavy atom. The largest absolute Gasteiger partial charge is 0.269 e. The van der Waals surface area contributed by atoms with E-state index in [1.807, 2.05) is 0 Å². The van der Waals surface area contributed by atoms with Gasteiger partial charge in [-0.3, -0.25) is 4.70 Å². The summed E-state index contributed by atoms with van der Waals surface area (Å²) in [6, 6.07) is 0. The van der Waals surface area contributed by atoms with E-state index in [0.717, 1.165) is 3.92 Å². The van der Waals surface area contributed by atoms with Gasteiger partial charge in [-0.2, -0.15) is 0 Å². The number of hydrogen-bond acceptors (Lipinski definition) is 0.